The van der Waals surface area contributed by atoms with Gasteiger partial charge in [-0.3, -0.25) is 0 Å². The van der Waals surface area contributed by atoms with Crippen molar-refractivity contribution in [1.29, 1.82) is 0 Å². The molecule has 15 heavy (non-hydrogen) atoms. The Morgan fingerprint density at radius 2 is 2.13 bits per heavy atom. The molecule has 83 valence electrons. The average molecular weight is 209 g/mol. The third-order valence-electron chi connectivity index (χ3n) is 1.79. The van der Waals surface area contributed by atoms with Crippen LogP contribution in [0, 0.1) is 6.61 Å². The lowest BCUT2D eigenvalue weighted by molar-refractivity contribution is 0.238. The topological polar surface area (TPSA) is 38.7 Å². The van der Waals surface area contributed by atoms with Crippen molar-refractivity contribution in [1.82, 2.24) is 0 Å². The Balaban J connectivity index is 2.88. The lowest BCUT2D eigenvalue weighted by Crippen LogP contribution is -2.07. The Labute approximate surface area is 90.6 Å². The molecule has 0 spiro atoms. The van der Waals surface area contributed by atoms with Gasteiger partial charge in [-0.05, 0) is 39.0 Å². The Morgan fingerprint density at radius 3 is 2.67 bits per heavy atom. The lowest BCUT2D eigenvalue weighted by Gasteiger charge is -2.14. The molecule has 3 heteroatoms. The molecule has 0 saturated heterocycles. The van der Waals surface area contributed by atoms with E-state index in [1.807, 2.05) is 26.8 Å². The van der Waals surface area contributed by atoms with Gasteiger partial charge in [-0.15, -0.1) is 0 Å². The zero-order valence-electron chi connectivity index (χ0n) is 9.36. The zero-order chi connectivity index (χ0) is 11.3. The van der Waals surface area contributed by atoms with Crippen LogP contribution in [-0.2, 0) is 0 Å². The van der Waals surface area contributed by atoms with Gasteiger partial charge in [-0.2, -0.15) is 0 Å². The van der Waals surface area contributed by atoms with Gasteiger partial charge in [0, 0.05) is 5.56 Å². The summed E-state index contributed by atoms with van der Waals surface area (Å²) in [4.78, 5) is 0. The van der Waals surface area contributed by atoms with Gasteiger partial charge in [0.25, 0.3) is 0 Å². The number of hydrogen-bond acceptors (Lipinski definition) is 3. The van der Waals surface area contributed by atoms with Crippen LogP contribution in [0.3, 0.4) is 0 Å². The second-order valence-electron chi connectivity index (χ2n) is 3.43. The minimum absolute atomic E-state index is 0.0849. The highest BCUT2D eigenvalue weighted by atomic mass is 16.5. The van der Waals surface area contributed by atoms with Gasteiger partial charge in [0.2, 0.25) is 0 Å². The molecule has 3 nitrogen and oxygen atoms in total. The van der Waals surface area contributed by atoms with Crippen LogP contribution in [0.1, 0.15) is 26.3 Å². The molecule has 1 N–H and O–H groups in total. The summed E-state index contributed by atoms with van der Waals surface area (Å²) in [5.41, 5.74) is 0.634. The SMILES string of the molecule is CCOc1ccc(OC(C)C)c([CH]O)c1. The Morgan fingerprint density at radius 1 is 1.40 bits per heavy atom. The van der Waals surface area contributed by atoms with Gasteiger partial charge in [0.1, 0.15) is 18.1 Å². The van der Waals surface area contributed by atoms with Crippen LogP contribution in [0.4, 0.5) is 0 Å². The molecule has 1 radical (unpaired) electrons. The third kappa shape index (κ3) is 3.44. The van der Waals surface area contributed by atoms with E-state index >= 15 is 0 Å². The largest absolute Gasteiger partial charge is 0.494 e. The van der Waals surface area contributed by atoms with Gasteiger partial charge in [0.15, 0.2) is 0 Å². The molecule has 1 aromatic carbocycles. The molecule has 0 bridgehead atoms. The summed E-state index contributed by atoms with van der Waals surface area (Å²) in [6, 6.07) is 5.38. The first-order valence-corrected chi connectivity index (χ1v) is 5.08. The standard InChI is InChI=1S/C12H17O3/c1-4-14-11-5-6-12(15-9(2)3)10(7-11)8-13/h5-9,13H,4H2,1-3H3. The summed E-state index contributed by atoms with van der Waals surface area (Å²) in [7, 11) is 0. The fourth-order valence-corrected chi connectivity index (χ4v) is 1.25. The lowest BCUT2D eigenvalue weighted by atomic mass is 10.2. The second-order valence-corrected chi connectivity index (χ2v) is 3.43. The van der Waals surface area contributed by atoms with Crippen LogP contribution in [0.15, 0.2) is 18.2 Å². The molecule has 0 aromatic heterocycles. The van der Waals surface area contributed by atoms with Crippen molar-refractivity contribution in [3.05, 3.63) is 30.4 Å². The van der Waals surface area contributed by atoms with Gasteiger partial charge in [-0.1, -0.05) is 0 Å². The summed E-state index contributed by atoms with van der Waals surface area (Å²) in [6.45, 7) is 7.44. The van der Waals surface area contributed by atoms with Crippen molar-refractivity contribution in [2.75, 3.05) is 6.61 Å². The highest BCUT2D eigenvalue weighted by Crippen LogP contribution is 2.25. The van der Waals surface area contributed by atoms with Crippen LogP contribution < -0.4 is 9.47 Å². The fraction of sp³-hybridized carbons (Fsp3) is 0.417. The van der Waals surface area contributed by atoms with E-state index in [0.717, 1.165) is 12.4 Å². The van der Waals surface area contributed by atoms with Crippen LogP contribution >= 0.6 is 0 Å². The second kappa shape index (κ2) is 5.61. The summed E-state index contributed by atoms with van der Waals surface area (Å²) in [5.74, 6) is 1.39. The molecule has 0 saturated carbocycles. The van der Waals surface area contributed by atoms with Gasteiger partial charge in [0.05, 0.1) is 12.7 Å². The van der Waals surface area contributed by atoms with Gasteiger partial charge in [-0.25, -0.2) is 0 Å². The molecule has 0 atom stereocenters. The van der Waals surface area contributed by atoms with Crippen molar-refractivity contribution in [3.8, 4) is 11.5 Å². The first kappa shape index (κ1) is 11.9. The maximum absolute atomic E-state index is 9.06. The Kier molecular flexibility index (Phi) is 4.43. The number of aliphatic hydroxyl groups is 1. The quantitative estimate of drug-likeness (QED) is 0.810. The molecular formula is C12H17O3. The van der Waals surface area contributed by atoms with E-state index in [9.17, 15) is 0 Å². The first-order chi connectivity index (χ1) is 7.17. The number of aliphatic hydroxyl groups excluding tert-OH is 1. The van der Waals surface area contributed by atoms with E-state index in [-0.39, 0.29) is 6.10 Å². The van der Waals surface area contributed by atoms with E-state index in [0.29, 0.717) is 17.9 Å². The fourth-order valence-electron chi connectivity index (χ4n) is 1.25. The number of ether oxygens (including phenoxy) is 2. The van der Waals surface area contributed by atoms with E-state index in [4.69, 9.17) is 14.6 Å². The van der Waals surface area contributed by atoms with Crippen molar-refractivity contribution >= 4 is 0 Å². The molecule has 1 rings (SSSR count). The maximum atomic E-state index is 9.06. The number of rotatable bonds is 5. The minimum Gasteiger partial charge on any atom is -0.494 e. The van der Waals surface area contributed by atoms with Crippen molar-refractivity contribution in [2.24, 2.45) is 0 Å². The molecule has 0 aliphatic heterocycles. The molecule has 0 amide bonds. The third-order valence-corrected chi connectivity index (χ3v) is 1.79. The maximum Gasteiger partial charge on any atom is 0.125 e. The Hall–Kier alpha value is -1.22. The molecule has 0 fully saturated rings. The van der Waals surface area contributed by atoms with Crippen LogP contribution in [0.2, 0.25) is 0 Å². The summed E-state index contributed by atoms with van der Waals surface area (Å²) in [6.07, 6.45) is 0.0849. The molecule has 0 aliphatic rings. The molecule has 1 aromatic rings. The highest BCUT2D eigenvalue weighted by Gasteiger charge is 2.06. The smallest absolute Gasteiger partial charge is 0.125 e. The first-order valence-electron chi connectivity index (χ1n) is 5.08. The van der Waals surface area contributed by atoms with Crippen LogP contribution in [-0.4, -0.2) is 17.8 Å². The summed E-state index contributed by atoms with van der Waals surface area (Å²) >= 11 is 0. The van der Waals surface area contributed by atoms with E-state index in [1.165, 1.54) is 0 Å². The predicted molar refractivity (Wildman–Crippen MR) is 58.7 cm³/mol. The van der Waals surface area contributed by atoms with Gasteiger partial charge < -0.3 is 14.6 Å². The minimum atomic E-state index is 0.0849. The number of benzene rings is 1. The van der Waals surface area contributed by atoms with E-state index < -0.39 is 0 Å². The zero-order valence-corrected chi connectivity index (χ0v) is 9.36. The molecule has 0 aliphatic carbocycles. The molecule has 0 unspecified atom stereocenters. The van der Waals surface area contributed by atoms with Crippen molar-refractivity contribution in [3.63, 3.8) is 0 Å². The van der Waals surface area contributed by atoms with Crippen LogP contribution in [0.25, 0.3) is 0 Å². The summed E-state index contributed by atoms with van der Waals surface area (Å²) < 4.78 is 10.8. The van der Waals surface area contributed by atoms with E-state index in [2.05, 4.69) is 0 Å². The molecular weight excluding hydrogens is 192 g/mol. The van der Waals surface area contributed by atoms with Crippen LogP contribution in [0.5, 0.6) is 11.5 Å². The van der Waals surface area contributed by atoms with E-state index in [1.54, 1.807) is 12.1 Å². The van der Waals surface area contributed by atoms with Crippen molar-refractivity contribution in [2.45, 2.75) is 26.9 Å². The number of hydrogen-bond donors (Lipinski definition) is 1. The Bertz CT molecular complexity index is 308. The molecule has 0 heterocycles. The normalized spacial score (nSPS) is 10.5. The highest BCUT2D eigenvalue weighted by molar-refractivity contribution is 5.43. The van der Waals surface area contributed by atoms with Crippen molar-refractivity contribution < 1.29 is 14.6 Å². The van der Waals surface area contributed by atoms with Gasteiger partial charge >= 0.3 is 0 Å². The monoisotopic (exact) mass is 209 g/mol. The predicted octanol–water partition coefficient (Wildman–Crippen LogP) is 2.75. The average Bonchev–Trinajstić information content (AvgIpc) is 2.20. The summed E-state index contributed by atoms with van der Waals surface area (Å²) in [5, 5.41) is 9.06.